The molecule has 9 atom stereocenters. The summed E-state index contributed by atoms with van der Waals surface area (Å²) in [4.78, 5) is 70.3. The van der Waals surface area contributed by atoms with Crippen LogP contribution >= 0.6 is 0 Å². The number of hydrogen-bond donors (Lipinski definition) is 2. The number of ether oxygens (including phenoxy) is 3. The van der Waals surface area contributed by atoms with Crippen molar-refractivity contribution in [3.8, 4) is 0 Å². The van der Waals surface area contributed by atoms with Crippen LogP contribution in [0.1, 0.15) is 127 Å². The molecule has 0 amide bonds. The number of methoxy groups -OCH3 is 1. The monoisotopic (exact) mass is 738 g/mol. The summed E-state index contributed by atoms with van der Waals surface area (Å²) in [6, 6.07) is 0. The van der Waals surface area contributed by atoms with Gasteiger partial charge in [0, 0.05) is 43.9 Å². The van der Waals surface area contributed by atoms with Gasteiger partial charge in [-0.05, 0) is 104 Å². The van der Waals surface area contributed by atoms with Gasteiger partial charge >= 0.3 is 11.9 Å². The molecule has 2 bridgehead atoms. The molecule has 1 saturated heterocycles. The third kappa shape index (κ3) is 9.03. The van der Waals surface area contributed by atoms with Crippen molar-refractivity contribution in [2.45, 2.75) is 156 Å². The van der Waals surface area contributed by atoms with Crippen LogP contribution in [0.3, 0.4) is 0 Å². The molecule has 0 saturated carbocycles. The number of esters is 2. The molecule has 294 valence electrons. The molecule has 0 aromatic heterocycles. The Morgan fingerprint density at radius 3 is 2.25 bits per heavy atom. The van der Waals surface area contributed by atoms with E-state index in [0.29, 0.717) is 49.7 Å². The quantitative estimate of drug-likeness (QED) is 0.238. The van der Waals surface area contributed by atoms with E-state index in [1.807, 2.05) is 46.8 Å². The molecule has 2 aliphatic carbocycles. The van der Waals surface area contributed by atoms with Crippen LogP contribution in [-0.2, 0) is 38.2 Å². The van der Waals surface area contributed by atoms with Gasteiger partial charge in [0.1, 0.15) is 17.5 Å². The predicted molar refractivity (Wildman–Crippen MR) is 200 cm³/mol. The normalized spacial score (nSPS) is 38.7. The lowest BCUT2D eigenvalue weighted by atomic mass is 9.53. The first kappa shape index (κ1) is 42.5. The third-order valence-corrected chi connectivity index (χ3v) is 12.6. The maximum atomic E-state index is 14.8. The zero-order chi connectivity index (χ0) is 39.6. The highest BCUT2D eigenvalue weighted by Crippen LogP contribution is 2.56. The molecule has 4 rings (SSSR count). The highest BCUT2D eigenvalue weighted by molar-refractivity contribution is 6.02. The smallest absolute Gasteiger partial charge is 0.313 e. The molecule has 10 heteroatoms. The van der Waals surface area contributed by atoms with Crippen LogP contribution in [0, 0.1) is 29.1 Å². The van der Waals surface area contributed by atoms with Crippen molar-refractivity contribution in [3.05, 3.63) is 46.1 Å². The van der Waals surface area contributed by atoms with Gasteiger partial charge in [-0.2, -0.15) is 0 Å². The van der Waals surface area contributed by atoms with E-state index < -0.39 is 64.6 Å². The van der Waals surface area contributed by atoms with Crippen molar-refractivity contribution >= 4 is 29.3 Å². The molecular weight excluding hydrogens is 676 g/mol. The van der Waals surface area contributed by atoms with E-state index in [4.69, 9.17) is 14.2 Å². The standard InChI is InChI=1S/C43H62O10/c1-24(2)30-21-34(45)27(5)13-11-12-25(3)19-35(46)33-20-28(6)31-22-39(52-29(7)44)42(9,50)38-16-17-41(8,49)37(53-38)15-14-26(4)18-32(31)43(33,23-36(30)47)40(48)51-10/h13,18-19,24,30,32-33,37-39,49-50H,11-12,14-17,20-23H2,1-10H3/b25-19?,26-18+,27-13-/t30-,32-,33+,37-,38+,39-,41+,42+,43-/m0/s1. The van der Waals surface area contributed by atoms with E-state index in [9.17, 15) is 34.2 Å². The minimum Gasteiger partial charge on any atom is -0.469 e. The maximum absolute atomic E-state index is 14.8. The minimum atomic E-state index is -1.73. The first-order valence-corrected chi connectivity index (χ1v) is 19.3. The largest absolute Gasteiger partial charge is 0.469 e. The SMILES string of the molecule is COC(=O)[C@]12CC(=O)[C@H](C(C)C)CC(=O)/C(C)=C\CCC(C)=CC(=O)[C@H]1CC(C)=C1C[C@H](OC(C)=O)[C@](C)(O)[C@H]3CC[C@@](C)(O)[C@H](CC/C(C)=C/[C@@H]12)O3. The lowest BCUT2D eigenvalue weighted by molar-refractivity contribution is -0.239. The number of ketones is 3. The van der Waals surface area contributed by atoms with Crippen LogP contribution in [0.4, 0.5) is 0 Å². The second-order valence-corrected chi connectivity index (χ2v) is 17.1. The van der Waals surface area contributed by atoms with E-state index in [1.54, 1.807) is 26.8 Å². The zero-order valence-electron chi connectivity index (χ0n) is 33.5. The van der Waals surface area contributed by atoms with Gasteiger partial charge in [0.25, 0.3) is 0 Å². The van der Waals surface area contributed by atoms with Crippen LogP contribution in [0.5, 0.6) is 0 Å². The second kappa shape index (κ2) is 16.7. The molecule has 0 aromatic rings. The number of Topliss-reactive ketones (excluding diaryl/α,β-unsaturated/α-hetero) is 2. The Hall–Kier alpha value is -3.21. The molecule has 0 aromatic carbocycles. The molecule has 0 spiro atoms. The van der Waals surface area contributed by atoms with Crippen LogP contribution in [0.2, 0.25) is 0 Å². The van der Waals surface area contributed by atoms with Crippen LogP contribution in [0.15, 0.2) is 46.1 Å². The average Bonchev–Trinajstić information content (AvgIpc) is 3.06. The highest BCUT2D eigenvalue weighted by Gasteiger charge is 2.60. The topological polar surface area (TPSA) is 154 Å². The van der Waals surface area contributed by atoms with Crippen molar-refractivity contribution in [1.82, 2.24) is 0 Å². The Morgan fingerprint density at radius 2 is 1.62 bits per heavy atom. The van der Waals surface area contributed by atoms with Crippen molar-refractivity contribution < 1.29 is 48.4 Å². The van der Waals surface area contributed by atoms with Gasteiger partial charge < -0.3 is 24.4 Å². The highest BCUT2D eigenvalue weighted by atomic mass is 16.6. The minimum absolute atomic E-state index is 0.00736. The van der Waals surface area contributed by atoms with E-state index >= 15 is 0 Å². The fraction of sp³-hybridized carbons (Fsp3) is 0.698. The molecule has 53 heavy (non-hydrogen) atoms. The molecule has 0 unspecified atom stereocenters. The Balaban J connectivity index is 2.05. The van der Waals surface area contributed by atoms with Crippen molar-refractivity contribution in [3.63, 3.8) is 0 Å². The Morgan fingerprint density at radius 1 is 0.943 bits per heavy atom. The first-order valence-electron chi connectivity index (χ1n) is 19.3. The number of rotatable bonds is 3. The number of carbonyl (C=O) groups excluding carboxylic acids is 5. The molecule has 0 radical (unpaired) electrons. The molecule has 2 heterocycles. The fourth-order valence-corrected chi connectivity index (χ4v) is 9.14. The molecule has 10 nitrogen and oxygen atoms in total. The third-order valence-electron chi connectivity index (χ3n) is 12.6. The van der Waals surface area contributed by atoms with Gasteiger partial charge in [0.15, 0.2) is 11.6 Å². The number of fused-ring (bicyclic) bond motifs is 5. The van der Waals surface area contributed by atoms with Crippen molar-refractivity contribution in [2.75, 3.05) is 7.11 Å². The maximum Gasteiger partial charge on any atom is 0.313 e. The predicted octanol–water partition coefficient (Wildman–Crippen LogP) is 6.66. The lowest BCUT2D eigenvalue weighted by Gasteiger charge is -2.50. The summed E-state index contributed by atoms with van der Waals surface area (Å²) in [7, 11) is 1.26. The first-order chi connectivity index (χ1) is 24.6. The summed E-state index contributed by atoms with van der Waals surface area (Å²) in [6.45, 7) is 15.7. The molecule has 1 fully saturated rings. The summed E-state index contributed by atoms with van der Waals surface area (Å²) in [5.74, 6) is -4.86. The van der Waals surface area contributed by atoms with Crippen LogP contribution < -0.4 is 0 Å². The van der Waals surface area contributed by atoms with E-state index in [1.165, 1.54) is 14.0 Å². The average molecular weight is 739 g/mol. The van der Waals surface area contributed by atoms with Crippen LogP contribution in [0.25, 0.3) is 0 Å². The molecule has 4 aliphatic rings. The van der Waals surface area contributed by atoms with E-state index in [0.717, 1.165) is 16.7 Å². The zero-order valence-corrected chi connectivity index (χ0v) is 33.5. The number of allylic oxidation sites excluding steroid dienone is 7. The molecular formula is C43H62O10. The Labute approximate surface area is 315 Å². The van der Waals surface area contributed by atoms with Crippen molar-refractivity contribution in [1.29, 1.82) is 0 Å². The van der Waals surface area contributed by atoms with E-state index in [2.05, 4.69) is 0 Å². The second-order valence-electron chi connectivity index (χ2n) is 17.1. The Kier molecular flexibility index (Phi) is 13.4. The number of carbonyl (C=O) groups is 5. The van der Waals surface area contributed by atoms with Gasteiger partial charge in [-0.25, -0.2) is 0 Å². The molecule has 2 N–H and O–H groups in total. The summed E-state index contributed by atoms with van der Waals surface area (Å²) < 4.78 is 17.9. The van der Waals surface area contributed by atoms with Crippen LogP contribution in [-0.4, -0.2) is 76.1 Å². The van der Waals surface area contributed by atoms with Gasteiger partial charge in [0.05, 0.1) is 30.3 Å². The van der Waals surface area contributed by atoms with Gasteiger partial charge in [0.2, 0.25) is 0 Å². The lowest BCUT2D eigenvalue weighted by Crippen LogP contribution is -2.59. The van der Waals surface area contributed by atoms with Crippen molar-refractivity contribution in [2.24, 2.45) is 29.1 Å². The van der Waals surface area contributed by atoms with E-state index in [-0.39, 0.29) is 49.0 Å². The summed E-state index contributed by atoms with van der Waals surface area (Å²) in [6.07, 6.45) is 5.18. The Bertz CT molecular complexity index is 1590. The summed E-state index contributed by atoms with van der Waals surface area (Å²) in [5, 5.41) is 23.6. The fourth-order valence-electron chi connectivity index (χ4n) is 9.14. The summed E-state index contributed by atoms with van der Waals surface area (Å²) in [5.41, 5.74) is -0.945. The van der Waals surface area contributed by atoms with Gasteiger partial charge in [-0.3, -0.25) is 24.0 Å². The van der Waals surface area contributed by atoms with Gasteiger partial charge in [-0.1, -0.05) is 48.3 Å². The van der Waals surface area contributed by atoms with Gasteiger partial charge in [-0.15, -0.1) is 0 Å². The number of aliphatic hydroxyl groups is 2. The number of hydrogen-bond acceptors (Lipinski definition) is 10. The summed E-state index contributed by atoms with van der Waals surface area (Å²) >= 11 is 0. The molecule has 2 aliphatic heterocycles.